The standard InChI is InChI=1S/C12H23N3OS/c1-12(2,11(14)17)6-4-8-15-7-3-5-9(15)10(13)16/h9H,3-8H2,1-2H3,(H2,13,16)(H2,14,17). The van der Waals surface area contributed by atoms with E-state index < -0.39 is 0 Å². The maximum Gasteiger partial charge on any atom is 0.234 e. The maximum atomic E-state index is 11.2. The van der Waals surface area contributed by atoms with Crippen molar-refractivity contribution in [3.05, 3.63) is 0 Å². The minimum absolute atomic E-state index is 0.0667. The third-order valence-corrected chi connectivity index (χ3v) is 4.16. The van der Waals surface area contributed by atoms with Crippen LogP contribution in [-0.2, 0) is 4.79 Å². The summed E-state index contributed by atoms with van der Waals surface area (Å²) in [6, 6.07) is -0.0667. The number of amides is 1. The van der Waals surface area contributed by atoms with Gasteiger partial charge in [0.15, 0.2) is 0 Å². The molecule has 1 heterocycles. The molecule has 0 bridgehead atoms. The number of primary amides is 1. The zero-order chi connectivity index (χ0) is 13.1. The normalized spacial score (nSPS) is 21.6. The van der Waals surface area contributed by atoms with Gasteiger partial charge in [0.1, 0.15) is 0 Å². The van der Waals surface area contributed by atoms with E-state index in [-0.39, 0.29) is 17.4 Å². The van der Waals surface area contributed by atoms with Crippen molar-refractivity contribution < 1.29 is 4.79 Å². The van der Waals surface area contributed by atoms with Gasteiger partial charge in [0, 0.05) is 5.41 Å². The molecule has 1 atom stereocenters. The number of likely N-dealkylation sites (tertiary alicyclic amines) is 1. The first-order valence-corrected chi connectivity index (χ1v) is 6.58. The first kappa shape index (κ1) is 14.4. The topological polar surface area (TPSA) is 72.3 Å². The average Bonchev–Trinajstić information content (AvgIpc) is 2.65. The minimum atomic E-state index is -0.198. The van der Waals surface area contributed by atoms with E-state index in [1.807, 2.05) is 0 Å². The molecular weight excluding hydrogens is 234 g/mol. The summed E-state index contributed by atoms with van der Waals surface area (Å²) in [6.45, 7) is 6.00. The van der Waals surface area contributed by atoms with Crippen LogP contribution in [0, 0.1) is 5.41 Å². The number of carbonyl (C=O) groups excluding carboxylic acids is 1. The van der Waals surface area contributed by atoms with Gasteiger partial charge >= 0.3 is 0 Å². The minimum Gasteiger partial charge on any atom is -0.393 e. The number of nitrogens with two attached hydrogens (primary N) is 2. The molecule has 1 aliphatic heterocycles. The van der Waals surface area contributed by atoms with Crippen LogP contribution in [0.4, 0.5) is 0 Å². The van der Waals surface area contributed by atoms with E-state index in [2.05, 4.69) is 18.7 Å². The second kappa shape index (κ2) is 5.78. The second-order valence-electron chi connectivity index (χ2n) is 5.45. The van der Waals surface area contributed by atoms with Crippen LogP contribution in [-0.4, -0.2) is 34.9 Å². The molecule has 1 amide bonds. The molecule has 0 aromatic rings. The lowest BCUT2D eigenvalue weighted by Crippen LogP contribution is -2.41. The van der Waals surface area contributed by atoms with Crippen LogP contribution in [0.1, 0.15) is 39.5 Å². The Labute approximate surface area is 109 Å². The Kier molecular flexibility index (Phi) is 4.89. The molecule has 0 aromatic heterocycles. The summed E-state index contributed by atoms with van der Waals surface area (Å²) in [5.41, 5.74) is 11.0. The van der Waals surface area contributed by atoms with Crippen LogP contribution < -0.4 is 11.5 Å². The number of rotatable bonds is 6. The van der Waals surface area contributed by atoms with Gasteiger partial charge in [-0.1, -0.05) is 26.1 Å². The van der Waals surface area contributed by atoms with Crippen molar-refractivity contribution in [2.24, 2.45) is 16.9 Å². The van der Waals surface area contributed by atoms with E-state index in [1.165, 1.54) is 0 Å². The van der Waals surface area contributed by atoms with Gasteiger partial charge in [-0.15, -0.1) is 0 Å². The van der Waals surface area contributed by atoms with Gasteiger partial charge in [0.05, 0.1) is 11.0 Å². The smallest absolute Gasteiger partial charge is 0.234 e. The lowest BCUT2D eigenvalue weighted by molar-refractivity contribution is -0.122. The maximum absolute atomic E-state index is 11.2. The highest BCUT2D eigenvalue weighted by Crippen LogP contribution is 2.24. The molecule has 1 unspecified atom stereocenters. The predicted molar refractivity (Wildman–Crippen MR) is 73.6 cm³/mol. The number of hydrogen-bond donors (Lipinski definition) is 2. The van der Waals surface area contributed by atoms with Crippen LogP contribution in [0.25, 0.3) is 0 Å². The molecule has 17 heavy (non-hydrogen) atoms. The molecule has 98 valence electrons. The van der Waals surface area contributed by atoms with E-state index in [0.29, 0.717) is 4.99 Å². The van der Waals surface area contributed by atoms with E-state index in [4.69, 9.17) is 23.7 Å². The monoisotopic (exact) mass is 257 g/mol. The second-order valence-corrected chi connectivity index (χ2v) is 5.89. The summed E-state index contributed by atoms with van der Waals surface area (Å²) < 4.78 is 0. The molecule has 0 aromatic carbocycles. The number of hydrogen-bond acceptors (Lipinski definition) is 3. The summed E-state index contributed by atoms with van der Waals surface area (Å²) in [5.74, 6) is -0.198. The van der Waals surface area contributed by atoms with Gasteiger partial charge in [-0.3, -0.25) is 9.69 Å². The molecule has 0 radical (unpaired) electrons. The predicted octanol–water partition coefficient (Wildman–Crippen LogP) is 1.03. The molecule has 0 aliphatic carbocycles. The van der Waals surface area contributed by atoms with Gasteiger partial charge in [-0.2, -0.15) is 0 Å². The Morgan fingerprint density at radius 2 is 2.12 bits per heavy atom. The fourth-order valence-electron chi connectivity index (χ4n) is 2.26. The lowest BCUT2D eigenvalue weighted by atomic mass is 9.88. The summed E-state index contributed by atoms with van der Waals surface area (Å²) >= 11 is 5.03. The third kappa shape index (κ3) is 3.92. The molecule has 4 nitrogen and oxygen atoms in total. The van der Waals surface area contributed by atoms with Crippen molar-refractivity contribution in [3.8, 4) is 0 Å². The third-order valence-electron chi connectivity index (χ3n) is 3.61. The summed E-state index contributed by atoms with van der Waals surface area (Å²) in [4.78, 5) is 14.0. The summed E-state index contributed by atoms with van der Waals surface area (Å²) in [7, 11) is 0. The van der Waals surface area contributed by atoms with Crippen molar-refractivity contribution in [2.75, 3.05) is 13.1 Å². The van der Waals surface area contributed by atoms with Gasteiger partial charge in [-0.05, 0) is 38.8 Å². The first-order chi connectivity index (χ1) is 7.84. The Hall–Kier alpha value is -0.680. The van der Waals surface area contributed by atoms with Crippen molar-refractivity contribution in [2.45, 2.75) is 45.6 Å². The molecule has 1 rings (SSSR count). The number of thiocarbonyl (C=S) groups is 1. The Morgan fingerprint density at radius 1 is 1.47 bits per heavy atom. The molecule has 1 fully saturated rings. The van der Waals surface area contributed by atoms with Crippen LogP contribution in [0.15, 0.2) is 0 Å². The van der Waals surface area contributed by atoms with Crippen molar-refractivity contribution >= 4 is 23.1 Å². The summed E-state index contributed by atoms with van der Waals surface area (Å²) in [6.07, 6.45) is 3.90. The van der Waals surface area contributed by atoms with Crippen LogP contribution >= 0.6 is 12.2 Å². The van der Waals surface area contributed by atoms with Gasteiger partial charge in [-0.25, -0.2) is 0 Å². The molecule has 4 N–H and O–H groups in total. The lowest BCUT2D eigenvalue weighted by Gasteiger charge is -2.26. The Morgan fingerprint density at radius 3 is 2.65 bits per heavy atom. The van der Waals surface area contributed by atoms with E-state index in [1.54, 1.807) is 0 Å². The average molecular weight is 257 g/mol. The summed E-state index contributed by atoms with van der Waals surface area (Å²) in [5, 5.41) is 0. The van der Waals surface area contributed by atoms with Crippen LogP contribution in [0.3, 0.4) is 0 Å². The quantitative estimate of drug-likeness (QED) is 0.697. The van der Waals surface area contributed by atoms with E-state index >= 15 is 0 Å². The van der Waals surface area contributed by atoms with Crippen LogP contribution in [0.5, 0.6) is 0 Å². The van der Waals surface area contributed by atoms with Gasteiger partial charge in [0.25, 0.3) is 0 Å². The highest BCUT2D eigenvalue weighted by molar-refractivity contribution is 7.80. The first-order valence-electron chi connectivity index (χ1n) is 6.18. The van der Waals surface area contributed by atoms with Crippen molar-refractivity contribution in [1.82, 2.24) is 4.90 Å². The molecule has 1 aliphatic rings. The molecule has 1 saturated heterocycles. The molecule has 5 heteroatoms. The van der Waals surface area contributed by atoms with E-state index in [9.17, 15) is 4.79 Å². The van der Waals surface area contributed by atoms with Crippen molar-refractivity contribution in [1.29, 1.82) is 0 Å². The number of nitrogens with zero attached hydrogens (tertiary/aromatic N) is 1. The molecule has 0 saturated carbocycles. The van der Waals surface area contributed by atoms with Crippen LogP contribution in [0.2, 0.25) is 0 Å². The zero-order valence-corrected chi connectivity index (χ0v) is 11.6. The van der Waals surface area contributed by atoms with Gasteiger partial charge < -0.3 is 11.5 Å². The number of carbonyl (C=O) groups is 1. The highest BCUT2D eigenvalue weighted by Gasteiger charge is 2.29. The zero-order valence-electron chi connectivity index (χ0n) is 10.7. The van der Waals surface area contributed by atoms with Crippen molar-refractivity contribution in [3.63, 3.8) is 0 Å². The Balaban J connectivity index is 2.36. The Bertz CT molecular complexity index is 304. The fourth-order valence-corrected chi connectivity index (χ4v) is 2.37. The molecule has 0 spiro atoms. The SMILES string of the molecule is CC(C)(CCCN1CCCC1C(N)=O)C(N)=S. The molecular formula is C12H23N3OS. The highest BCUT2D eigenvalue weighted by atomic mass is 32.1. The van der Waals surface area contributed by atoms with E-state index in [0.717, 1.165) is 38.8 Å². The fraction of sp³-hybridized carbons (Fsp3) is 0.833. The van der Waals surface area contributed by atoms with Gasteiger partial charge in [0.2, 0.25) is 5.91 Å². The largest absolute Gasteiger partial charge is 0.393 e.